The van der Waals surface area contributed by atoms with Gasteiger partial charge in [-0.05, 0) is 73.2 Å². The normalized spacial score (nSPS) is 22.8. The lowest BCUT2D eigenvalue weighted by Gasteiger charge is -2.19. The van der Waals surface area contributed by atoms with Crippen LogP contribution in [-0.2, 0) is 20.9 Å². The largest absolute Gasteiger partial charge is 0.457 e. The fraction of sp³-hybridized carbons (Fsp3) is 0.233. The summed E-state index contributed by atoms with van der Waals surface area (Å²) in [4.78, 5) is 50.8. The van der Waals surface area contributed by atoms with Gasteiger partial charge in [0.1, 0.15) is 12.4 Å². The predicted molar refractivity (Wildman–Crippen MR) is 145 cm³/mol. The van der Waals surface area contributed by atoms with Crippen molar-refractivity contribution in [1.82, 2.24) is 0 Å². The van der Waals surface area contributed by atoms with Crippen molar-refractivity contribution in [3.8, 4) is 11.5 Å². The van der Waals surface area contributed by atoms with E-state index in [2.05, 4.69) is 6.08 Å². The molecule has 6 rings (SSSR count). The monoisotopic (exact) mass is 558 g/mol. The minimum atomic E-state index is -0.574. The van der Waals surface area contributed by atoms with Crippen molar-refractivity contribution >= 4 is 40.8 Å². The highest BCUT2D eigenvalue weighted by molar-refractivity contribution is 6.32. The second-order valence-electron chi connectivity index (χ2n) is 10.2. The molecular formula is C30H23ClN2O7. The number of fused-ring (bicyclic) bond motifs is 5. The van der Waals surface area contributed by atoms with Gasteiger partial charge >= 0.3 is 11.7 Å². The van der Waals surface area contributed by atoms with Gasteiger partial charge in [0.25, 0.3) is 0 Å². The minimum Gasteiger partial charge on any atom is -0.457 e. The highest BCUT2D eigenvalue weighted by atomic mass is 35.5. The Labute approximate surface area is 234 Å². The molecule has 1 saturated heterocycles. The number of hydrogen-bond acceptors (Lipinski definition) is 7. The zero-order valence-corrected chi connectivity index (χ0v) is 22.0. The molecular weight excluding hydrogens is 536 g/mol. The van der Waals surface area contributed by atoms with Crippen LogP contribution in [0, 0.1) is 33.8 Å². The van der Waals surface area contributed by atoms with Gasteiger partial charge < -0.3 is 9.47 Å². The third kappa shape index (κ3) is 4.32. The Bertz CT molecular complexity index is 1580. The van der Waals surface area contributed by atoms with Crippen LogP contribution in [0.3, 0.4) is 0 Å². The molecule has 202 valence electrons. The number of nitrogens with zero attached hydrogens (tertiary/aromatic N) is 2. The lowest BCUT2D eigenvalue weighted by atomic mass is 9.82. The maximum Gasteiger partial charge on any atom is 0.338 e. The summed E-state index contributed by atoms with van der Waals surface area (Å²) in [5.41, 5.74) is 2.35. The summed E-state index contributed by atoms with van der Waals surface area (Å²) in [5.74, 6) is -0.937. The third-order valence-corrected chi connectivity index (χ3v) is 8.20. The average Bonchev–Trinajstić information content (AvgIpc) is 3.59. The lowest BCUT2D eigenvalue weighted by Crippen LogP contribution is -2.32. The van der Waals surface area contributed by atoms with Crippen LogP contribution in [-0.4, -0.2) is 22.7 Å². The number of imide groups is 1. The number of rotatable bonds is 7. The smallest absolute Gasteiger partial charge is 0.338 e. The van der Waals surface area contributed by atoms with Crippen LogP contribution < -0.4 is 9.64 Å². The number of hydrogen-bond donors (Lipinski definition) is 0. The van der Waals surface area contributed by atoms with E-state index in [4.69, 9.17) is 21.1 Å². The van der Waals surface area contributed by atoms with Crippen LogP contribution in [0.4, 0.5) is 11.4 Å². The first kappa shape index (κ1) is 25.8. The van der Waals surface area contributed by atoms with Crippen molar-refractivity contribution in [2.45, 2.75) is 20.0 Å². The maximum atomic E-state index is 13.1. The van der Waals surface area contributed by atoms with E-state index in [0.717, 1.165) is 6.42 Å². The molecule has 2 fully saturated rings. The highest BCUT2D eigenvalue weighted by Crippen LogP contribution is 2.55. The lowest BCUT2D eigenvalue weighted by molar-refractivity contribution is -0.385. The van der Waals surface area contributed by atoms with E-state index < -0.39 is 10.9 Å². The summed E-state index contributed by atoms with van der Waals surface area (Å²) in [6, 6.07) is 17.0. The Morgan fingerprint density at radius 2 is 1.73 bits per heavy atom. The van der Waals surface area contributed by atoms with E-state index in [1.807, 2.05) is 6.92 Å². The minimum absolute atomic E-state index is 0.0192. The number of nitro benzene ring substituents is 1. The quantitative estimate of drug-likeness (QED) is 0.113. The summed E-state index contributed by atoms with van der Waals surface area (Å²) in [5, 5.41) is 11.4. The zero-order valence-electron chi connectivity index (χ0n) is 21.3. The number of halogens is 1. The van der Waals surface area contributed by atoms with Crippen molar-refractivity contribution in [2.75, 3.05) is 4.90 Å². The molecule has 3 aliphatic rings. The van der Waals surface area contributed by atoms with Gasteiger partial charge in [-0.3, -0.25) is 24.6 Å². The van der Waals surface area contributed by atoms with Crippen molar-refractivity contribution in [1.29, 1.82) is 0 Å². The summed E-state index contributed by atoms with van der Waals surface area (Å²) in [6.45, 7) is 2.01. The maximum absolute atomic E-state index is 13.1. The molecule has 1 heterocycles. The Balaban J connectivity index is 1.07. The fourth-order valence-corrected chi connectivity index (χ4v) is 6.23. The van der Waals surface area contributed by atoms with Gasteiger partial charge in [0.2, 0.25) is 17.6 Å². The molecule has 0 spiro atoms. The fourth-order valence-electron chi connectivity index (χ4n) is 6.02. The van der Waals surface area contributed by atoms with Crippen LogP contribution in [0.5, 0.6) is 11.5 Å². The van der Waals surface area contributed by atoms with E-state index in [-0.39, 0.29) is 64.1 Å². The van der Waals surface area contributed by atoms with Crippen LogP contribution in [0.25, 0.3) is 0 Å². The molecule has 3 aromatic rings. The SMILES string of the molecule is CC1=CC2CC1C1C(=O)N(c3ccc(C(=O)OCc4ccc(Oc5c(Cl)cccc5[N+](=O)[O-])cc4)cc3)C(=O)C21. The number of ether oxygens (including phenoxy) is 2. The molecule has 0 N–H and O–H groups in total. The highest BCUT2D eigenvalue weighted by Gasteiger charge is 2.60. The summed E-state index contributed by atoms with van der Waals surface area (Å²) < 4.78 is 11.0. The molecule has 10 heteroatoms. The predicted octanol–water partition coefficient (Wildman–Crippen LogP) is 6.10. The molecule has 2 amide bonds. The zero-order chi connectivity index (χ0) is 28.1. The van der Waals surface area contributed by atoms with Gasteiger partial charge in [-0.2, -0.15) is 0 Å². The molecule has 40 heavy (non-hydrogen) atoms. The third-order valence-electron chi connectivity index (χ3n) is 7.90. The molecule has 4 atom stereocenters. The van der Waals surface area contributed by atoms with Crippen molar-refractivity contribution in [3.05, 3.63) is 105 Å². The number of amides is 2. The molecule has 2 aliphatic carbocycles. The standard InChI is InChI=1S/C30H23ClN2O7/c1-16-13-19-14-22(16)26-25(19)28(34)32(29(26)35)20-9-7-18(8-10-20)30(36)39-15-17-5-11-21(12-6-17)40-27-23(31)3-2-4-24(27)33(37)38/h2-13,19,22,25-26H,14-15H2,1H3. The van der Waals surface area contributed by atoms with E-state index in [1.54, 1.807) is 36.4 Å². The molecule has 4 unspecified atom stereocenters. The second kappa shape index (κ2) is 9.91. The molecule has 0 aromatic heterocycles. The Morgan fingerprint density at radius 1 is 1.02 bits per heavy atom. The van der Waals surface area contributed by atoms with Crippen LogP contribution in [0.2, 0.25) is 5.02 Å². The number of carbonyl (C=O) groups is 3. The summed E-state index contributed by atoms with van der Waals surface area (Å²) in [7, 11) is 0. The first-order chi connectivity index (χ1) is 19.2. The number of anilines is 1. The number of carbonyl (C=O) groups excluding carboxylic acids is 3. The number of benzene rings is 3. The van der Waals surface area contributed by atoms with Crippen LogP contribution >= 0.6 is 11.6 Å². The van der Waals surface area contributed by atoms with E-state index in [0.29, 0.717) is 17.0 Å². The van der Waals surface area contributed by atoms with Gasteiger partial charge in [0, 0.05) is 6.07 Å². The van der Waals surface area contributed by atoms with Gasteiger partial charge in [0.05, 0.1) is 33.0 Å². The van der Waals surface area contributed by atoms with E-state index >= 15 is 0 Å². The van der Waals surface area contributed by atoms with Gasteiger partial charge in [-0.25, -0.2) is 4.79 Å². The molecule has 3 aromatic carbocycles. The molecule has 9 nitrogen and oxygen atoms in total. The Morgan fingerprint density at radius 3 is 2.42 bits per heavy atom. The second-order valence-corrected chi connectivity index (χ2v) is 10.6. The molecule has 1 aliphatic heterocycles. The topological polar surface area (TPSA) is 116 Å². The number of allylic oxidation sites excluding steroid dienone is 2. The van der Waals surface area contributed by atoms with Crippen molar-refractivity contribution in [2.24, 2.45) is 23.7 Å². The van der Waals surface area contributed by atoms with Gasteiger partial charge in [-0.15, -0.1) is 0 Å². The summed E-state index contributed by atoms with van der Waals surface area (Å²) in [6.07, 6.45) is 3.00. The van der Waals surface area contributed by atoms with Gasteiger partial charge in [0.15, 0.2) is 0 Å². The molecule has 2 bridgehead atoms. The Kier molecular flexibility index (Phi) is 6.38. The average molecular weight is 559 g/mol. The molecule has 1 saturated carbocycles. The van der Waals surface area contributed by atoms with Crippen molar-refractivity contribution in [3.63, 3.8) is 0 Å². The van der Waals surface area contributed by atoms with E-state index in [1.165, 1.54) is 40.8 Å². The first-order valence-electron chi connectivity index (χ1n) is 12.8. The number of para-hydroxylation sites is 1. The first-order valence-corrected chi connectivity index (χ1v) is 13.1. The Hall–Kier alpha value is -4.50. The number of esters is 1. The molecule has 0 radical (unpaired) electrons. The summed E-state index contributed by atoms with van der Waals surface area (Å²) >= 11 is 6.07. The van der Waals surface area contributed by atoms with Crippen LogP contribution in [0.1, 0.15) is 29.3 Å². The van der Waals surface area contributed by atoms with Crippen molar-refractivity contribution < 1.29 is 28.8 Å². The van der Waals surface area contributed by atoms with E-state index in [9.17, 15) is 24.5 Å². The van der Waals surface area contributed by atoms with Crippen LogP contribution in [0.15, 0.2) is 78.4 Å². The van der Waals surface area contributed by atoms with Gasteiger partial charge in [-0.1, -0.05) is 41.4 Å². The number of nitro groups is 1.